The topological polar surface area (TPSA) is 92.4 Å². The third kappa shape index (κ3) is 3.30. The van der Waals surface area contributed by atoms with Gasteiger partial charge in [0.1, 0.15) is 5.69 Å². The Morgan fingerprint density at radius 1 is 1.24 bits per heavy atom. The van der Waals surface area contributed by atoms with Crippen LogP contribution in [0.25, 0.3) is 33.7 Å². The van der Waals surface area contributed by atoms with E-state index < -0.39 is 5.97 Å². The van der Waals surface area contributed by atoms with E-state index in [4.69, 9.17) is 9.63 Å². The maximum absolute atomic E-state index is 11.0. The molecule has 0 aliphatic carbocycles. The van der Waals surface area contributed by atoms with Gasteiger partial charge in [-0.05, 0) is 40.9 Å². The van der Waals surface area contributed by atoms with E-state index in [-0.39, 0.29) is 5.92 Å². The van der Waals surface area contributed by atoms with Crippen molar-refractivity contribution in [2.45, 2.75) is 13.5 Å². The molecule has 5 rings (SSSR count). The first-order valence-corrected chi connectivity index (χ1v) is 10.1. The van der Waals surface area contributed by atoms with E-state index in [0.29, 0.717) is 30.5 Å². The van der Waals surface area contributed by atoms with Gasteiger partial charge >= 0.3 is 5.97 Å². The van der Waals surface area contributed by atoms with Gasteiger partial charge in [0.05, 0.1) is 5.92 Å². The van der Waals surface area contributed by atoms with Gasteiger partial charge in [-0.3, -0.25) is 9.69 Å². The lowest BCUT2D eigenvalue weighted by Crippen LogP contribution is -2.49. The number of likely N-dealkylation sites (tertiary alicyclic amines) is 1. The van der Waals surface area contributed by atoms with Crippen LogP contribution in [0.2, 0.25) is 0 Å². The van der Waals surface area contributed by atoms with E-state index in [9.17, 15) is 4.79 Å². The van der Waals surface area contributed by atoms with Crippen molar-refractivity contribution in [3.05, 3.63) is 52.9 Å². The smallest absolute Gasteiger partial charge is 0.309 e. The van der Waals surface area contributed by atoms with Crippen LogP contribution in [-0.4, -0.2) is 43.6 Å². The fourth-order valence-corrected chi connectivity index (χ4v) is 4.23. The Hall–Kier alpha value is -3.10. The van der Waals surface area contributed by atoms with E-state index in [1.807, 2.05) is 37.3 Å². The van der Waals surface area contributed by atoms with Crippen LogP contribution in [-0.2, 0) is 11.3 Å². The van der Waals surface area contributed by atoms with Crippen LogP contribution in [0.1, 0.15) is 10.4 Å². The molecule has 8 heteroatoms. The van der Waals surface area contributed by atoms with E-state index >= 15 is 0 Å². The van der Waals surface area contributed by atoms with Crippen LogP contribution in [0.15, 0.2) is 47.0 Å². The molecule has 0 bridgehead atoms. The van der Waals surface area contributed by atoms with Gasteiger partial charge in [0, 0.05) is 30.1 Å². The minimum Gasteiger partial charge on any atom is -0.481 e. The first-order valence-electron chi connectivity index (χ1n) is 9.32. The average molecular weight is 406 g/mol. The predicted molar refractivity (Wildman–Crippen MR) is 109 cm³/mol. The molecule has 1 fully saturated rings. The van der Waals surface area contributed by atoms with Gasteiger partial charge in [0.25, 0.3) is 5.89 Å². The molecule has 0 unspecified atom stereocenters. The zero-order valence-corrected chi connectivity index (χ0v) is 16.5. The third-order valence-electron chi connectivity index (χ3n) is 5.23. The van der Waals surface area contributed by atoms with Crippen LogP contribution in [0.4, 0.5) is 0 Å². The number of carboxylic acid groups (broad SMARTS) is 1. The number of aryl methyl sites for hydroxylation is 1. The Morgan fingerprint density at radius 2 is 2.03 bits per heavy atom. The molecular weight excluding hydrogens is 388 g/mol. The fourth-order valence-electron chi connectivity index (χ4n) is 3.69. The summed E-state index contributed by atoms with van der Waals surface area (Å²) in [4.78, 5) is 18.8. The quantitative estimate of drug-likeness (QED) is 0.538. The zero-order valence-electron chi connectivity index (χ0n) is 15.7. The zero-order chi connectivity index (χ0) is 20.0. The summed E-state index contributed by atoms with van der Waals surface area (Å²) in [6, 6.07) is 14.1. The van der Waals surface area contributed by atoms with Gasteiger partial charge in [0.15, 0.2) is 0 Å². The lowest BCUT2D eigenvalue weighted by Gasteiger charge is -2.36. The van der Waals surface area contributed by atoms with Gasteiger partial charge in [-0.1, -0.05) is 41.6 Å². The summed E-state index contributed by atoms with van der Waals surface area (Å²) in [6.45, 7) is 3.89. The second-order valence-electron chi connectivity index (χ2n) is 7.29. The van der Waals surface area contributed by atoms with E-state index in [1.165, 1.54) is 11.5 Å². The standard InChI is InChI=1S/C21H18N4O3S/c1-12-8-18(24-29-12)20-22-19(23-28-20)17-7-6-13(15-4-2-3-5-16(15)17)9-25-10-14(11-25)21(26)27/h2-8,14H,9-11H2,1H3,(H,26,27). The minimum absolute atomic E-state index is 0.257. The number of hydrogen-bond donors (Lipinski definition) is 1. The number of aromatic nitrogens is 3. The van der Waals surface area contributed by atoms with Crippen molar-refractivity contribution in [3.63, 3.8) is 0 Å². The maximum Gasteiger partial charge on any atom is 0.309 e. The normalized spacial score (nSPS) is 14.9. The van der Waals surface area contributed by atoms with Crippen molar-refractivity contribution < 1.29 is 14.4 Å². The molecule has 29 heavy (non-hydrogen) atoms. The van der Waals surface area contributed by atoms with Gasteiger partial charge in [0.2, 0.25) is 5.82 Å². The molecular formula is C21H18N4O3S. The van der Waals surface area contributed by atoms with Crippen LogP contribution in [0.5, 0.6) is 0 Å². The van der Waals surface area contributed by atoms with Crippen LogP contribution < -0.4 is 0 Å². The summed E-state index contributed by atoms with van der Waals surface area (Å²) < 4.78 is 9.78. The Balaban J connectivity index is 1.47. The van der Waals surface area contributed by atoms with E-state index in [0.717, 1.165) is 33.3 Å². The van der Waals surface area contributed by atoms with Gasteiger partial charge in [-0.15, -0.1) is 0 Å². The maximum atomic E-state index is 11.0. The van der Waals surface area contributed by atoms with E-state index in [2.05, 4.69) is 31.5 Å². The molecule has 2 aromatic heterocycles. The lowest BCUT2D eigenvalue weighted by atomic mass is 9.95. The molecule has 1 saturated heterocycles. The van der Waals surface area contributed by atoms with Crippen molar-refractivity contribution in [2.75, 3.05) is 13.1 Å². The number of carboxylic acids is 1. The van der Waals surface area contributed by atoms with Crippen molar-refractivity contribution in [3.8, 4) is 23.0 Å². The largest absolute Gasteiger partial charge is 0.481 e. The highest BCUT2D eigenvalue weighted by Crippen LogP contribution is 2.32. The molecule has 1 aliphatic heterocycles. The Bertz CT molecular complexity index is 1210. The Morgan fingerprint density at radius 3 is 2.76 bits per heavy atom. The first kappa shape index (κ1) is 18.0. The highest BCUT2D eigenvalue weighted by Gasteiger charge is 2.32. The number of rotatable bonds is 5. The monoisotopic (exact) mass is 406 g/mol. The number of hydrogen-bond acceptors (Lipinski definition) is 7. The van der Waals surface area contributed by atoms with Crippen molar-refractivity contribution in [1.29, 1.82) is 0 Å². The van der Waals surface area contributed by atoms with E-state index in [1.54, 1.807) is 0 Å². The molecule has 7 nitrogen and oxygen atoms in total. The molecule has 0 atom stereocenters. The first-order chi connectivity index (χ1) is 14.1. The highest BCUT2D eigenvalue weighted by atomic mass is 32.1. The molecule has 0 amide bonds. The summed E-state index contributed by atoms with van der Waals surface area (Å²) >= 11 is 1.40. The summed E-state index contributed by atoms with van der Waals surface area (Å²) in [7, 11) is 0. The summed E-state index contributed by atoms with van der Waals surface area (Å²) in [5, 5.41) is 15.4. The van der Waals surface area contributed by atoms with Gasteiger partial charge in [-0.2, -0.15) is 9.36 Å². The van der Waals surface area contributed by atoms with Crippen molar-refractivity contribution in [1.82, 2.24) is 19.4 Å². The number of carbonyl (C=O) groups is 1. The lowest BCUT2D eigenvalue weighted by molar-refractivity contribution is -0.147. The predicted octanol–water partition coefficient (Wildman–Crippen LogP) is 3.84. The second-order valence-corrected chi connectivity index (χ2v) is 8.30. The van der Waals surface area contributed by atoms with Gasteiger partial charge < -0.3 is 9.63 Å². The molecule has 1 aliphatic rings. The molecule has 4 aromatic rings. The molecule has 0 spiro atoms. The molecule has 3 heterocycles. The van der Waals surface area contributed by atoms with Crippen LogP contribution in [0, 0.1) is 12.8 Å². The minimum atomic E-state index is -0.718. The van der Waals surface area contributed by atoms with Crippen molar-refractivity contribution >= 4 is 28.3 Å². The Labute approximate surface area is 170 Å². The summed E-state index contributed by atoms with van der Waals surface area (Å²) in [6.07, 6.45) is 0. The third-order valence-corrected chi connectivity index (χ3v) is 5.92. The van der Waals surface area contributed by atoms with Gasteiger partial charge in [-0.25, -0.2) is 0 Å². The summed E-state index contributed by atoms with van der Waals surface area (Å²) in [5.41, 5.74) is 2.75. The number of aliphatic carboxylic acids is 1. The number of benzene rings is 2. The SMILES string of the molecule is Cc1cc(-c2nc(-c3ccc(CN4CC(C(=O)O)C4)c4ccccc34)no2)ns1. The molecule has 0 saturated carbocycles. The average Bonchev–Trinajstić information content (AvgIpc) is 3.33. The fraction of sp³-hybridized carbons (Fsp3) is 0.238. The number of nitrogens with zero attached hydrogens (tertiary/aromatic N) is 4. The molecule has 146 valence electrons. The summed E-state index contributed by atoms with van der Waals surface area (Å²) in [5.74, 6) is -0.0293. The van der Waals surface area contributed by atoms with Crippen LogP contribution >= 0.6 is 11.5 Å². The highest BCUT2D eigenvalue weighted by molar-refractivity contribution is 7.05. The number of fused-ring (bicyclic) bond motifs is 1. The van der Waals surface area contributed by atoms with Crippen LogP contribution in [0.3, 0.4) is 0 Å². The molecule has 2 aromatic carbocycles. The second kappa shape index (κ2) is 7.06. The van der Waals surface area contributed by atoms with Crippen molar-refractivity contribution in [2.24, 2.45) is 5.92 Å². The molecule has 1 N–H and O–H groups in total. The Kier molecular flexibility index (Phi) is 4.37. The molecule has 0 radical (unpaired) electrons.